The number of nitrogens with zero attached hydrogens (tertiary/aromatic N) is 2. The molecule has 0 N–H and O–H groups in total. The molecule has 0 spiro atoms. The second-order valence-corrected chi connectivity index (χ2v) is 5.91. The second-order valence-electron chi connectivity index (χ2n) is 5.91. The zero-order valence-electron chi connectivity index (χ0n) is 13.7. The molecule has 1 heterocycles. The topological polar surface area (TPSA) is 15.7 Å². The number of anilines is 1. The van der Waals surface area contributed by atoms with Crippen molar-refractivity contribution in [3.63, 3.8) is 0 Å². The fraction of sp³-hybridized carbons (Fsp3) is 0.667. The molecule has 3 nitrogen and oxygen atoms in total. The summed E-state index contributed by atoms with van der Waals surface area (Å²) in [6.07, 6.45) is 6.87. The Morgan fingerprint density at radius 2 is 1.67 bits per heavy atom. The highest BCUT2D eigenvalue weighted by molar-refractivity contribution is 5.58. The molecule has 21 heavy (non-hydrogen) atoms. The van der Waals surface area contributed by atoms with Gasteiger partial charge >= 0.3 is 0 Å². The molecule has 1 aliphatic heterocycles. The lowest BCUT2D eigenvalue weighted by molar-refractivity contribution is 0.251. The van der Waals surface area contributed by atoms with Crippen molar-refractivity contribution < 1.29 is 4.74 Å². The number of methoxy groups -OCH3 is 1. The molecule has 1 saturated heterocycles. The second kappa shape index (κ2) is 8.93. The first-order chi connectivity index (χ1) is 10.3. The van der Waals surface area contributed by atoms with E-state index in [-0.39, 0.29) is 0 Å². The molecule has 0 atom stereocenters. The van der Waals surface area contributed by atoms with E-state index in [9.17, 15) is 0 Å². The van der Waals surface area contributed by atoms with Crippen LogP contribution in [0.15, 0.2) is 24.3 Å². The Balaban J connectivity index is 1.73. The zero-order chi connectivity index (χ0) is 14.9. The summed E-state index contributed by atoms with van der Waals surface area (Å²) in [4.78, 5) is 5.06. The minimum atomic E-state index is 0.991. The van der Waals surface area contributed by atoms with Gasteiger partial charge in [-0.3, -0.25) is 4.90 Å². The summed E-state index contributed by atoms with van der Waals surface area (Å²) >= 11 is 0. The quantitative estimate of drug-likeness (QED) is 0.678. The average molecular weight is 290 g/mol. The molecule has 0 aromatic heterocycles. The van der Waals surface area contributed by atoms with E-state index in [2.05, 4.69) is 34.9 Å². The lowest BCUT2D eigenvalue weighted by Gasteiger charge is -2.36. The predicted molar refractivity (Wildman–Crippen MR) is 90.4 cm³/mol. The molecule has 0 unspecified atom stereocenters. The van der Waals surface area contributed by atoms with Gasteiger partial charge in [-0.2, -0.15) is 0 Å². The molecule has 0 amide bonds. The zero-order valence-corrected chi connectivity index (χ0v) is 13.7. The fourth-order valence-corrected chi connectivity index (χ4v) is 3.04. The highest BCUT2D eigenvalue weighted by Crippen LogP contribution is 2.28. The Kier molecular flexibility index (Phi) is 6.87. The SMILES string of the molecule is CCCCCCCN1CCN(c2ccccc2OC)CC1. The van der Waals surface area contributed by atoms with Crippen molar-refractivity contribution in [1.82, 2.24) is 4.90 Å². The van der Waals surface area contributed by atoms with Crippen LogP contribution in [-0.2, 0) is 0 Å². The first-order valence-electron chi connectivity index (χ1n) is 8.45. The molecule has 2 rings (SSSR count). The molecule has 118 valence electrons. The lowest BCUT2D eigenvalue weighted by Crippen LogP contribution is -2.46. The Labute approximate surface area is 129 Å². The van der Waals surface area contributed by atoms with Gasteiger partial charge in [0.2, 0.25) is 0 Å². The van der Waals surface area contributed by atoms with E-state index < -0.39 is 0 Å². The molecule has 3 heteroatoms. The number of hydrogen-bond acceptors (Lipinski definition) is 3. The molecule has 1 aromatic rings. The summed E-state index contributed by atoms with van der Waals surface area (Å²) in [5, 5.41) is 0. The monoisotopic (exact) mass is 290 g/mol. The van der Waals surface area contributed by atoms with Crippen LogP contribution in [0.5, 0.6) is 5.75 Å². The molecule has 1 fully saturated rings. The molecular weight excluding hydrogens is 260 g/mol. The van der Waals surface area contributed by atoms with E-state index in [1.54, 1.807) is 7.11 Å². The molecule has 0 aliphatic carbocycles. The van der Waals surface area contributed by atoms with Crippen LogP contribution in [0.2, 0.25) is 0 Å². The molecule has 1 aromatic carbocycles. The first kappa shape index (κ1) is 16.2. The maximum Gasteiger partial charge on any atom is 0.142 e. The maximum absolute atomic E-state index is 5.47. The molecule has 0 bridgehead atoms. The lowest BCUT2D eigenvalue weighted by atomic mass is 10.1. The van der Waals surface area contributed by atoms with Crippen LogP contribution in [0.4, 0.5) is 5.69 Å². The van der Waals surface area contributed by atoms with Crippen molar-refractivity contribution in [2.45, 2.75) is 39.0 Å². The van der Waals surface area contributed by atoms with E-state index in [0.29, 0.717) is 0 Å². The van der Waals surface area contributed by atoms with E-state index in [4.69, 9.17) is 4.74 Å². The number of hydrogen-bond donors (Lipinski definition) is 0. The third kappa shape index (κ3) is 4.92. The standard InChI is InChI=1S/C18H30N2O/c1-3-4-5-6-9-12-19-13-15-20(16-14-19)17-10-7-8-11-18(17)21-2/h7-8,10-11H,3-6,9,12-16H2,1-2H3. The van der Waals surface area contributed by atoms with Gasteiger partial charge in [-0.05, 0) is 25.1 Å². The van der Waals surface area contributed by atoms with Crippen molar-refractivity contribution >= 4 is 5.69 Å². The number of ether oxygens (including phenoxy) is 1. The van der Waals surface area contributed by atoms with Crippen LogP contribution in [0, 0.1) is 0 Å². The number of unbranched alkanes of at least 4 members (excludes halogenated alkanes) is 4. The molecular formula is C18H30N2O. The minimum Gasteiger partial charge on any atom is -0.495 e. The van der Waals surface area contributed by atoms with E-state index in [1.165, 1.54) is 57.4 Å². The Morgan fingerprint density at radius 3 is 2.38 bits per heavy atom. The molecule has 1 aliphatic rings. The van der Waals surface area contributed by atoms with Crippen molar-refractivity contribution in [2.24, 2.45) is 0 Å². The van der Waals surface area contributed by atoms with E-state index in [0.717, 1.165) is 18.8 Å². The number of rotatable bonds is 8. The van der Waals surface area contributed by atoms with Gasteiger partial charge in [0.1, 0.15) is 5.75 Å². The summed E-state index contributed by atoms with van der Waals surface area (Å²) in [6.45, 7) is 8.10. The highest BCUT2D eigenvalue weighted by atomic mass is 16.5. The molecule has 0 radical (unpaired) electrons. The van der Waals surface area contributed by atoms with Gasteiger partial charge in [-0.15, -0.1) is 0 Å². The van der Waals surface area contributed by atoms with Gasteiger partial charge in [0.15, 0.2) is 0 Å². The van der Waals surface area contributed by atoms with Gasteiger partial charge in [-0.25, -0.2) is 0 Å². The van der Waals surface area contributed by atoms with Gasteiger partial charge < -0.3 is 9.64 Å². The summed E-state index contributed by atoms with van der Waals surface area (Å²) in [7, 11) is 1.76. The Morgan fingerprint density at radius 1 is 0.952 bits per heavy atom. The fourth-order valence-electron chi connectivity index (χ4n) is 3.04. The van der Waals surface area contributed by atoms with E-state index in [1.807, 2.05) is 6.07 Å². The Bertz CT molecular complexity index is 400. The minimum absolute atomic E-state index is 0.991. The Hall–Kier alpha value is -1.22. The van der Waals surface area contributed by atoms with Gasteiger partial charge in [-0.1, -0.05) is 44.7 Å². The van der Waals surface area contributed by atoms with E-state index >= 15 is 0 Å². The third-order valence-corrected chi connectivity index (χ3v) is 4.38. The third-order valence-electron chi connectivity index (χ3n) is 4.38. The largest absolute Gasteiger partial charge is 0.495 e. The van der Waals surface area contributed by atoms with Crippen LogP contribution in [-0.4, -0.2) is 44.7 Å². The van der Waals surface area contributed by atoms with Crippen LogP contribution in [0.25, 0.3) is 0 Å². The van der Waals surface area contributed by atoms with Crippen molar-refractivity contribution in [3.05, 3.63) is 24.3 Å². The van der Waals surface area contributed by atoms with Crippen molar-refractivity contribution in [2.75, 3.05) is 44.7 Å². The predicted octanol–water partition coefficient (Wildman–Crippen LogP) is 3.79. The van der Waals surface area contributed by atoms with Crippen LogP contribution in [0.3, 0.4) is 0 Å². The average Bonchev–Trinajstić information content (AvgIpc) is 2.55. The van der Waals surface area contributed by atoms with Crippen molar-refractivity contribution in [3.8, 4) is 5.75 Å². The van der Waals surface area contributed by atoms with Gasteiger partial charge in [0, 0.05) is 26.2 Å². The maximum atomic E-state index is 5.47. The van der Waals surface area contributed by atoms with Crippen LogP contribution in [0.1, 0.15) is 39.0 Å². The summed E-state index contributed by atoms with van der Waals surface area (Å²) in [5.41, 5.74) is 1.24. The number of piperazine rings is 1. The number of benzene rings is 1. The first-order valence-corrected chi connectivity index (χ1v) is 8.45. The van der Waals surface area contributed by atoms with Gasteiger partial charge in [0.05, 0.1) is 12.8 Å². The molecule has 0 saturated carbocycles. The smallest absolute Gasteiger partial charge is 0.142 e. The summed E-state index contributed by atoms with van der Waals surface area (Å²) < 4.78 is 5.47. The van der Waals surface area contributed by atoms with Gasteiger partial charge in [0.25, 0.3) is 0 Å². The van der Waals surface area contributed by atoms with Crippen LogP contribution >= 0.6 is 0 Å². The van der Waals surface area contributed by atoms with Crippen molar-refractivity contribution in [1.29, 1.82) is 0 Å². The highest BCUT2D eigenvalue weighted by Gasteiger charge is 2.18. The van der Waals surface area contributed by atoms with Crippen LogP contribution < -0.4 is 9.64 Å². The summed E-state index contributed by atoms with van der Waals surface area (Å²) in [5.74, 6) is 0.991. The normalized spacial score (nSPS) is 16.2. The number of para-hydroxylation sites is 2. The summed E-state index contributed by atoms with van der Waals surface area (Å²) in [6, 6.07) is 8.35.